The van der Waals surface area contributed by atoms with Gasteiger partial charge in [-0.3, -0.25) is 4.79 Å². The molecule has 2 unspecified atom stereocenters. The highest BCUT2D eigenvalue weighted by Gasteiger charge is 2.38. The number of likely N-dealkylation sites (N-methyl/N-ethyl adjacent to an activating group) is 1. The fourth-order valence-electron chi connectivity index (χ4n) is 2.96. The summed E-state index contributed by atoms with van der Waals surface area (Å²) in [6, 6.07) is 6.17. The molecule has 92 valence electrons. The lowest BCUT2D eigenvalue weighted by atomic mass is 9.84. The average molecular weight is 233 g/mol. The van der Waals surface area contributed by atoms with Crippen LogP contribution >= 0.6 is 0 Å². The molecule has 0 aromatic heterocycles. The predicted octanol–water partition coefficient (Wildman–Crippen LogP) is 2.03. The van der Waals surface area contributed by atoms with E-state index in [-0.39, 0.29) is 11.8 Å². The van der Waals surface area contributed by atoms with Crippen molar-refractivity contribution in [2.45, 2.75) is 19.8 Å². The molecular weight excluding hydrogens is 214 g/mol. The second-order valence-electron chi connectivity index (χ2n) is 5.08. The SMILES string of the molecule is Cc1cccc(C)c1C1CN(C)CC1C(=O)O. The van der Waals surface area contributed by atoms with E-state index in [1.807, 2.05) is 13.1 Å². The number of hydrogen-bond donors (Lipinski definition) is 1. The van der Waals surface area contributed by atoms with Crippen LogP contribution in [-0.4, -0.2) is 36.1 Å². The van der Waals surface area contributed by atoms with Gasteiger partial charge in [-0.25, -0.2) is 0 Å². The van der Waals surface area contributed by atoms with Crippen LogP contribution in [0.15, 0.2) is 18.2 Å². The Bertz CT molecular complexity index is 422. The Morgan fingerprint density at radius 1 is 1.29 bits per heavy atom. The van der Waals surface area contributed by atoms with Gasteiger partial charge in [0.15, 0.2) is 0 Å². The lowest BCUT2D eigenvalue weighted by molar-refractivity contribution is -0.141. The van der Waals surface area contributed by atoms with Crippen LogP contribution in [-0.2, 0) is 4.79 Å². The molecule has 1 heterocycles. The van der Waals surface area contributed by atoms with E-state index in [0.29, 0.717) is 6.54 Å². The summed E-state index contributed by atoms with van der Waals surface area (Å²) in [6.45, 7) is 5.62. The number of rotatable bonds is 2. The number of carbonyl (C=O) groups is 1. The molecule has 1 aromatic rings. The maximum absolute atomic E-state index is 11.3. The zero-order valence-electron chi connectivity index (χ0n) is 10.6. The van der Waals surface area contributed by atoms with Crippen LogP contribution in [0.1, 0.15) is 22.6 Å². The molecular formula is C14H19NO2. The molecule has 1 fully saturated rings. The number of nitrogens with zero attached hydrogens (tertiary/aromatic N) is 1. The summed E-state index contributed by atoms with van der Waals surface area (Å²) in [5.41, 5.74) is 3.64. The molecule has 2 atom stereocenters. The Labute approximate surface area is 102 Å². The number of likely N-dealkylation sites (tertiary alicyclic amines) is 1. The van der Waals surface area contributed by atoms with Crippen molar-refractivity contribution in [3.63, 3.8) is 0 Å². The lowest BCUT2D eigenvalue weighted by Gasteiger charge is -2.20. The lowest BCUT2D eigenvalue weighted by Crippen LogP contribution is -2.22. The summed E-state index contributed by atoms with van der Waals surface area (Å²) in [6.07, 6.45) is 0. The molecule has 0 amide bonds. The van der Waals surface area contributed by atoms with E-state index >= 15 is 0 Å². The van der Waals surface area contributed by atoms with Crippen molar-refractivity contribution in [2.75, 3.05) is 20.1 Å². The van der Waals surface area contributed by atoms with Crippen molar-refractivity contribution in [2.24, 2.45) is 5.92 Å². The molecule has 3 heteroatoms. The zero-order chi connectivity index (χ0) is 12.6. The molecule has 1 aliphatic heterocycles. The highest BCUT2D eigenvalue weighted by molar-refractivity contribution is 5.72. The van der Waals surface area contributed by atoms with E-state index in [2.05, 4.69) is 30.9 Å². The smallest absolute Gasteiger partial charge is 0.308 e. The van der Waals surface area contributed by atoms with E-state index in [9.17, 15) is 9.90 Å². The Kier molecular flexibility index (Phi) is 3.20. The third-order valence-electron chi connectivity index (χ3n) is 3.73. The Morgan fingerprint density at radius 3 is 2.41 bits per heavy atom. The first-order chi connectivity index (χ1) is 8.00. The van der Waals surface area contributed by atoms with Gasteiger partial charge in [0.25, 0.3) is 0 Å². The first-order valence-electron chi connectivity index (χ1n) is 5.98. The fraction of sp³-hybridized carbons (Fsp3) is 0.500. The van der Waals surface area contributed by atoms with Crippen molar-refractivity contribution in [3.05, 3.63) is 34.9 Å². The summed E-state index contributed by atoms with van der Waals surface area (Å²) >= 11 is 0. The van der Waals surface area contributed by atoms with E-state index in [4.69, 9.17) is 0 Å². The number of carboxylic acids is 1. The van der Waals surface area contributed by atoms with Crippen LogP contribution in [0.5, 0.6) is 0 Å². The van der Waals surface area contributed by atoms with Crippen LogP contribution in [0.4, 0.5) is 0 Å². The first-order valence-corrected chi connectivity index (χ1v) is 5.98. The molecule has 1 aromatic carbocycles. The van der Waals surface area contributed by atoms with Gasteiger partial charge in [-0.1, -0.05) is 18.2 Å². The van der Waals surface area contributed by atoms with Crippen LogP contribution in [0.25, 0.3) is 0 Å². The fourth-order valence-corrected chi connectivity index (χ4v) is 2.96. The first kappa shape index (κ1) is 12.1. The van der Waals surface area contributed by atoms with E-state index < -0.39 is 5.97 Å². The Hall–Kier alpha value is -1.35. The van der Waals surface area contributed by atoms with Crippen LogP contribution in [0.2, 0.25) is 0 Å². The van der Waals surface area contributed by atoms with E-state index in [1.54, 1.807) is 0 Å². The summed E-state index contributed by atoms with van der Waals surface area (Å²) in [7, 11) is 1.99. The number of aliphatic carboxylic acids is 1. The summed E-state index contributed by atoms with van der Waals surface area (Å²) < 4.78 is 0. The summed E-state index contributed by atoms with van der Waals surface area (Å²) in [5.74, 6) is -0.833. The molecule has 3 nitrogen and oxygen atoms in total. The third-order valence-corrected chi connectivity index (χ3v) is 3.73. The van der Waals surface area contributed by atoms with Crippen molar-refractivity contribution in [3.8, 4) is 0 Å². The van der Waals surface area contributed by atoms with Crippen molar-refractivity contribution in [1.82, 2.24) is 4.90 Å². The van der Waals surface area contributed by atoms with Gasteiger partial charge < -0.3 is 10.0 Å². The molecule has 0 aliphatic carbocycles. The second-order valence-corrected chi connectivity index (χ2v) is 5.08. The molecule has 0 spiro atoms. The van der Waals surface area contributed by atoms with Crippen molar-refractivity contribution >= 4 is 5.97 Å². The minimum absolute atomic E-state index is 0.124. The number of carboxylic acid groups (broad SMARTS) is 1. The van der Waals surface area contributed by atoms with Crippen molar-refractivity contribution < 1.29 is 9.90 Å². The molecule has 17 heavy (non-hydrogen) atoms. The number of hydrogen-bond acceptors (Lipinski definition) is 2. The topological polar surface area (TPSA) is 40.5 Å². The molecule has 0 bridgehead atoms. The summed E-state index contributed by atoms with van der Waals surface area (Å²) in [5, 5.41) is 9.32. The molecule has 1 aliphatic rings. The van der Waals surface area contributed by atoms with Crippen LogP contribution < -0.4 is 0 Å². The molecule has 1 saturated heterocycles. The average Bonchev–Trinajstić information content (AvgIpc) is 2.60. The second kappa shape index (κ2) is 4.49. The molecule has 0 saturated carbocycles. The molecule has 2 rings (SSSR count). The number of benzene rings is 1. The number of aryl methyl sites for hydroxylation is 2. The maximum atomic E-state index is 11.3. The molecule has 1 N–H and O–H groups in total. The standard InChI is InChI=1S/C14H19NO2/c1-9-5-4-6-10(2)13(9)11-7-15(3)8-12(11)14(16)17/h4-6,11-12H,7-8H2,1-3H3,(H,16,17). The van der Waals surface area contributed by atoms with Gasteiger partial charge >= 0.3 is 5.97 Å². The van der Waals surface area contributed by atoms with E-state index in [0.717, 1.165) is 6.54 Å². The van der Waals surface area contributed by atoms with Gasteiger partial charge in [0.05, 0.1) is 5.92 Å². The van der Waals surface area contributed by atoms with Crippen LogP contribution in [0, 0.1) is 19.8 Å². The van der Waals surface area contributed by atoms with Crippen molar-refractivity contribution in [1.29, 1.82) is 0 Å². The van der Waals surface area contributed by atoms with Gasteiger partial charge in [-0.2, -0.15) is 0 Å². The Morgan fingerprint density at radius 2 is 1.88 bits per heavy atom. The highest BCUT2D eigenvalue weighted by atomic mass is 16.4. The van der Waals surface area contributed by atoms with Gasteiger partial charge in [-0.05, 0) is 37.6 Å². The Balaban J connectivity index is 2.41. The molecule has 0 radical (unpaired) electrons. The zero-order valence-corrected chi connectivity index (χ0v) is 10.6. The third kappa shape index (κ3) is 2.20. The van der Waals surface area contributed by atoms with E-state index in [1.165, 1.54) is 16.7 Å². The van der Waals surface area contributed by atoms with Gasteiger partial charge in [0, 0.05) is 19.0 Å². The van der Waals surface area contributed by atoms with Crippen LogP contribution in [0.3, 0.4) is 0 Å². The minimum Gasteiger partial charge on any atom is -0.481 e. The highest BCUT2D eigenvalue weighted by Crippen LogP contribution is 2.35. The minimum atomic E-state index is -0.679. The monoisotopic (exact) mass is 233 g/mol. The van der Waals surface area contributed by atoms with Gasteiger partial charge in [0.1, 0.15) is 0 Å². The van der Waals surface area contributed by atoms with Gasteiger partial charge in [-0.15, -0.1) is 0 Å². The quantitative estimate of drug-likeness (QED) is 0.849. The van der Waals surface area contributed by atoms with Gasteiger partial charge in [0.2, 0.25) is 0 Å². The largest absolute Gasteiger partial charge is 0.481 e. The predicted molar refractivity (Wildman–Crippen MR) is 67.3 cm³/mol. The normalized spacial score (nSPS) is 25.1. The maximum Gasteiger partial charge on any atom is 0.308 e. The summed E-state index contributed by atoms with van der Waals surface area (Å²) in [4.78, 5) is 13.4.